The van der Waals surface area contributed by atoms with Gasteiger partial charge in [0.1, 0.15) is 0 Å². The first kappa shape index (κ1) is 12.6. The van der Waals surface area contributed by atoms with Crippen LogP contribution in [0.3, 0.4) is 0 Å². The van der Waals surface area contributed by atoms with Crippen LogP contribution in [0.4, 0.5) is 0 Å². The molecule has 92 valence electrons. The number of hydrogen-bond acceptors (Lipinski definition) is 2. The van der Waals surface area contributed by atoms with Gasteiger partial charge >= 0.3 is 0 Å². The molecule has 1 fully saturated rings. The number of rotatable bonds is 6. The molecule has 1 saturated carbocycles. The highest BCUT2D eigenvalue weighted by Crippen LogP contribution is 2.27. The molecule has 2 N–H and O–H groups in total. The Hall–Kier alpha value is -0.870. The molecule has 0 heterocycles. The van der Waals surface area contributed by atoms with E-state index in [-0.39, 0.29) is 5.91 Å². The van der Waals surface area contributed by atoms with Gasteiger partial charge in [-0.05, 0) is 30.4 Å². The highest BCUT2D eigenvalue weighted by atomic mass is 79.9. The first-order valence-corrected chi connectivity index (χ1v) is 6.76. The van der Waals surface area contributed by atoms with Gasteiger partial charge in [-0.1, -0.05) is 34.1 Å². The van der Waals surface area contributed by atoms with Crippen molar-refractivity contribution >= 4 is 21.8 Å². The van der Waals surface area contributed by atoms with Crippen LogP contribution in [0.5, 0.6) is 0 Å². The molecular weight excluding hydrogens is 280 g/mol. The first-order valence-electron chi connectivity index (χ1n) is 5.96. The van der Waals surface area contributed by atoms with Gasteiger partial charge in [0, 0.05) is 17.6 Å². The van der Waals surface area contributed by atoms with E-state index in [2.05, 4.69) is 26.6 Å². The third-order valence-corrected chi connectivity index (χ3v) is 3.62. The van der Waals surface area contributed by atoms with Crippen molar-refractivity contribution in [3.63, 3.8) is 0 Å². The number of halogens is 1. The molecule has 17 heavy (non-hydrogen) atoms. The molecule has 0 aromatic heterocycles. The molecule has 4 heteroatoms. The summed E-state index contributed by atoms with van der Waals surface area (Å²) in [4.78, 5) is 11.5. The average molecular weight is 297 g/mol. The van der Waals surface area contributed by atoms with Crippen LogP contribution < -0.4 is 10.6 Å². The van der Waals surface area contributed by atoms with Crippen molar-refractivity contribution in [2.24, 2.45) is 5.92 Å². The maximum Gasteiger partial charge on any atom is 0.233 e. The summed E-state index contributed by atoms with van der Waals surface area (Å²) in [6, 6.07) is 8.02. The maximum atomic E-state index is 11.5. The van der Waals surface area contributed by atoms with Crippen LogP contribution in [0.2, 0.25) is 0 Å². The van der Waals surface area contributed by atoms with Crippen LogP contribution in [-0.4, -0.2) is 19.0 Å². The van der Waals surface area contributed by atoms with Gasteiger partial charge < -0.3 is 10.6 Å². The van der Waals surface area contributed by atoms with Gasteiger partial charge in [0.05, 0.1) is 6.54 Å². The van der Waals surface area contributed by atoms with E-state index >= 15 is 0 Å². The Labute approximate surface area is 110 Å². The summed E-state index contributed by atoms with van der Waals surface area (Å²) in [5.41, 5.74) is 1.17. The second-order valence-electron chi connectivity index (χ2n) is 4.44. The van der Waals surface area contributed by atoms with E-state index in [9.17, 15) is 4.79 Å². The Morgan fingerprint density at radius 2 is 2.12 bits per heavy atom. The van der Waals surface area contributed by atoms with Crippen LogP contribution in [0, 0.1) is 5.92 Å². The Morgan fingerprint density at radius 3 is 2.82 bits per heavy atom. The minimum absolute atomic E-state index is 0.0870. The predicted octanol–water partition coefficient (Wildman–Crippen LogP) is 2.06. The van der Waals surface area contributed by atoms with Crippen molar-refractivity contribution in [3.8, 4) is 0 Å². The summed E-state index contributed by atoms with van der Waals surface area (Å²) < 4.78 is 1.07. The number of hydrogen-bond donors (Lipinski definition) is 2. The molecule has 0 unspecified atom stereocenters. The Balaban J connectivity index is 1.64. The summed E-state index contributed by atoms with van der Waals surface area (Å²) in [7, 11) is 0. The van der Waals surface area contributed by atoms with Gasteiger partial charge in [-0.15, -0.1) is 0 Å². The lowest BCUT2D eigenvalue weighted by atomic mass is 10.2. The molecule has 0 bridgehead atoms. The van der Waals surface area contributed by atoms with Crippen molar-refractivity contribution < 1.29 is 4.79 Å². The first-order chi connectivity index (χ1) is 8.25. The van der Waals surface area contributed by atoms with Crippen LogP contribution in [0.25, 0.3) is 0 Å². The summed E-state index contributed by atoms with van der Waals surface area (Å²) in [5, 5.41) is 6.08. The van der Waals surface area contributed by atoms with Crippen molar-refractivity contribution in [2.45, 2.75) is 19.4 Å². The van der Waals surface area contributed by atoms with Crippen LogP contribution in [0.1, 0.15) is 18.4 Å². The summed E-state index contributed by atoms with van der Waals surface area (Å²) >= 11 is 3.48. The lowest BCUT2D eigenvalue weighted by Crippen LogP contribution is -2.34. The highest BCUT2D eigenvalue weighted by molar-refractivity contribution is 9.10. The van der Waals surface area contributed by atoms with Crippen molar-refractivity contribution in [1.29, 1.82) is 0 Å². The molecule has 1 amide bonds. The van der Waals surface area contributed by atoms with Crippen LogP contribution >= 0.6 is 15.9 Å². The van der Waals surface area contributed by atoms with E-state index in [4.69, 9.17) is 0 Å². The number of carbonyl (C=O) groups is 1. The fourth-order valence-electron chi connectivity index (χ4n) is 1.60. The summed E-state index contributed by atoms with van der Waals surface area (Å²) in [6.07, 6.45) is 2.54. The van der Waals surface area contributed by atoms with E-state index in [1.807, 2.05) is 24.3 Å². The molecule has 0 spiro atoms. The van der Waals surface area contributed by atoms with Gasteiger partial charge in [-0.2, -0.15) is 0 Å². The highest BCUT2D eigenvalue weighted by Gasteiger charge is 2.21. The third-order valence-electron chi connectivity index (χ3n) is 2.84. The van der Waals surface area contributed by atoms with Gasteiger partial charge in [0.2, 0.25) is 5.91 Å². The topological polar surface area (TPSA) is 41.1 Å². The predicted molar refractivity (Wildman–Crippen MR) is 71.6 cm³/mol. The number of nitrogens with one attached hydrogen (secondary N) is 2. The quantitative estimate of drug-likeness (QED) is 0.844. The molecule has 0 saturated heterocycles. The minimum atomic E-state index is 0.0870. The standard InChI is InChI=1S/C13H17BrN2O/c14-12-4-2-1-3-11(12)8-15-9-13(17)16-7-10-5-6-10/h1-4,10,15H,5-9H2,(H,16,17). The number of carbonyl (C=O) groups excluding carboxylic acids is 1. The molecule has 1 aliphatic rings. The lowest BCUT2D eigenvalue weighted by molar-refractivity contribution is -0.120. The Bertz CT molecular complexity index is 391. The normalized spacial score (nSPS) is 14.6. The van der Waals surface area contributed by atoms with Crippen molar-refractivity contribution in [1.82, 2.24) is 10.6 Å². The molecule has 1 aliphatic carbocycles. The summed E-state index contributed by atoms with van der Waals surface area (Å²) in [5.74, 6) is 0.825. The zero-order valence-electron chi connectivity index (χ0n) is 9.71. The average Bonchev–Trinajstić information content (AvgIpc) is 3.13. The molecule has 3 nitrogen and oxygen atoms in total. The lowest BCUT2D eigenvalue weighted by Gasteiger charge is -2.07. The SMILES string of the molecule is O=C(CNCc1ccccc1Br)NCC1CC1. The third kappa shape index (κ3) is 4.48. The van der Waals surface area contributed by atoms with Crippen molar-refractivity contribution in [2.75, 3.05) is 13.1 Å². The molecule has 1 aromatic carbocycles. The molecule has 0 radical (unpaired) electrons. The maximum absolute atomic E-state index is 11.5. The molecule has 0 aliphatic heterocycles. The van der Waals surface area contributed by atoms with Gasteiger partial charge in [0.15, 0.2) is 0 Å². The van der Waals surface area contributed by atoms with Gasteiger partial charge in [-0.3, -0.25) is 4.79 Å². The zero-order valence-corrected chi connectivity index (χ0v) is 11.3. The summed E-state index contributed by atoms with van der Waals surface area (Å²) in [6.45, 7) is 1.93. The molecule has 1 aromatic rings. The number of amides is 1. The largest absolute Gasteiger partial charge is 0.355 e. The monoisotopic (exact) mass is 296 g/mol. The Kier molecular flexibility index (Phi) is 4.57. The molecular formula is C13H17BrN2O. The second kappa shape index (κ2) is 6.17. The van der Waals surface area contributed by atoms with E-state index in [0.717, 1.165) is 16.9 Å². The smallest absolute Gasteiger partial charge is 0.233 e. The van der Waals surface area contributed by atoms with Gasteiger partial charge in [-0.25, -0.2) is 0 Å². The van der Waals surface area contributed by atoms with Crippen LogP contribution in [0.15, 0.2) is 28.7 Å². The zero-order chi connectivity index (χ0) is 12.1. The van der Waals surface area contributed by atoms with E-state index in [1.165, 1.54) is 18.4 Å². The van der Waals surface area contributed by atoms with Crippen molar-refractivity contribution in [3.05, 3.63) is 34.3 Å². The Morgan fingerprint density at radius 1 is 1.35 bits per heavy atom. The van der Waals surface area contributed by atoms with E-state index < -0.39 is 0 Å². The van der Waals surface area contributed by atoms with Crippen LogP contribution in [-0.2, 0) is 11.3 Å². The molecule has 0 atom stereocenters. The van der Waals surface area contributed by atoms with E-state index in [1.54, 1.807) is 0 Å². The van der Waals surface area contributed by atoms with Gasteiger partial charge in [0.25, 0.3) is 0 Å². The second-order valence-corrected chi connectivity index (χ2v) is 5.30. The number of benzene rings is 1. The fourth-order valence-corrected chi connectivity index (χ4v) is 2.02. The van der Waals surface area contributed by atoms with E-state index in [0.29, 0.717) is 13.1 Å². The fraction of sp³-hybridized carbons (Fsp3) is 0.462. The molecule has 2 rings (SSSR count). The minimum Gasteiger partial charge on any atom is -0.355 e.